The van der Waals surface area contributed by atoms with Crippen LogP contribution in [0.5, 0.6) is 0 Å². The van der Waals surface area contributed by atoms with Crippen LogP contribution in [0, 0.1) is 5.92 Å². The minimum atomic E-state index is -0.551. The summed E-state index contributed by atoms with van der Waals surface area (Å²) in [6, 6.07) is -0.361. The fourth-order valence-electron chi connectivity index (χ4n) is 1.86. The summed E-state index contributed by atoms with van der Waals surface area (Å²) in [5.74, 6) is -1.51. The molecular weight excluding hydrogens is 312 g/mol. The Bertz CT molecular complexity index is 437. The maximum atomic E-state index is 12.1. The van der Waals surface area contributed by atoms with Crippen molar-refractivity contribution in [2.45, 2.75) is 38.6 Å². The maximum Gasteiger partial charge on any atom is 0.306 e. The van der Waals surface area contributed by atoms with Crippen molar-refractivity contribution in [3.05, 3.63) is 25.3 Å². The molecule has 0 aliphatic carbocycles. The minimum absolute atomic E-state index is 0.00131. The lowest BCUT2D eigenvalue weighted by molar-refractivity contribution is -0.144. The van der Waals surface area contributed by atoms with Gasteiger partial charge in [-0.2, -0.15) is 0 Å². The van der Waals surface area contributed by atoms with Crippen molar-refractivity contribution in [3.8, 4) is 0 Å². The van der Waals surface area contributed by atoms with Gasteiger partial charge in [-0.1, -0.05) is 12.2 Å². The standard InChI is InChI=1S/C17H28N2O5/c1-4-6-8-16(22)24-10-9-18-17(23)14(7-5-2)11-15(21)19-13(3)12-20/h4-5,13-14,20H,1-2,6-12H2,3H3,(H,18,23)(H,19,21). The van der Waals surface area contributed by atoms with Crippen molar-refractivity contribution in [1.82, 2.24) is 10.6 Å². The molecule has 0 saturated carbocycles. The SMILES string of the molecule is C=CCCC(=O)OCCNC(=O)C(CC=C)CC(=O)NC(C)CO. The molecule has 136 valence electrons. The van der Waals surface area contributed by atoms with Gasteiger partial charge >= 0.3 is 5.97 Å². The molecule has 0 radical (unpaired) electrons. The molecule has 7 heteroatoms. The Hall–Kier alpha value is -2.15. The Balaban J connectivity index is 4.19. The Morgan fingerprint density at radius 3 is 2.54 bits per heavy atom. The van der Waals surface area contributed by atoms with Crippen molar-refractivity contribution >= 4 is 17.8 Å². The van der Waals surface area contributed by atoms with E-state index in [0.29, 0.717) is 12.8 Å². The number of aliphatic hydroxyl groups is 1. The van der Waals surface area contributed by atoms with Gasteiger partial charge < -0.3 is 20.5 Å². The quantitative estimate of drug-likeness (QED) is 0.260. The van der Waals surface area contributed by atoms with Gasteiger partial charge in [0, 0.05) is 18.9 Å². The second-order valence-electron chi connectivity index (χ2n) is 5.42. The van der Waals surface area contributed by atoms with Crippen molar-refractivity contribution in [1.29, 1.82) is 0 Å². The van der Waals surface area contributed by atoms with E-state index in [0.717, 1.165) is 0 Å². The molecule has 0 fully saturated rings. The summed E-state index contributed by atoms with van der Waals surface area (Å²) in [5, 5.41) is 14.1. The molecule has 0 spiro atoms. The average Bonchev–Trinajstić information content (AvgIpc) is 2.55. The van der Waals surface area contributed by atoms with Crippen LogP contribution < -0.4 is 10.6 Å². The lowest BCUT2D eigenvalue weighted by atomic mass is 9.99. The Kier molecular flexibility index (Phi) is 12.1. The van der Waals surface area contributed by atoms with Gasteiger partial charge in [0.25, 0.3) is 0 Å². The van der Waals surface area contributed by atoms with Crippen LogP contribution in [0.1, 0.15) is 32.6 Å². The predicted octanol–water partition coefficient (Wildman–Crippen LogP) is 0.691. The number of amides is 2. The zero-order valence-electron chi connectivity index (χ0n) is 14.3. The maximum absolute atomic E-state index is 12.1. The Morgan fingerprint density at radius 2 is 1.96 bits per heavy atom. The molecule has 7 nitrogen and oxygen atoms in total. The number of carbonyl (C=O) groups excluding carboxylic acids is 3. The van der Waals surface area contributed by atoms with Gasteiger partial charge in [0.15, 0.2) is 0 Å². The molecule has 3 N–H and O–H groups in total. The van der Waals surface area contributed by atoms with Crippen LogP contribution >= 0.6 is 0 Å². The number of hydrogen-bond acceptors (Lipinski definition) is 5. The van der Waals surface area contributed by atoms with Crippen LogP contribution in [-0.4, -0.2) is 48.7 Å². The first-order valence-corrected chi connectivity index (χ1v) is 7.99. The van der Waals surface area contributed by atoms with Crippen molar-refractivity contribution in [2.24, 2.45) is 5.92 Å². The molecule has 0 aliphatic heterocycles. The van der Waals surface area contributed by atoms with Crippen molar-refractivity contribution in [3.63, 3.8) is 0 Å². The first-order valence-electron chi connectivity index (χ1n) is 7.99. The third kappa shape index (κ3) is 10.6. The van der Waals surface area contributed by atoms with E-state index < -0.39 is 5.92 Å². The average molecular weight is 340 g/mol. The summed E-state index contributed by atoms with van der Waals surface area (Å²) in [6.45, 7) is 8.87. The van der Waals surface area contributed by atoms with Crippen LogP contribution in [0.15, 0.2) is 25.3 Å². The number of allylic oxidation sites excluding steroid dienone is 2. The largest absolute Gasteiger partial charge is 0.464 e. The summed E-state index contributed by atoms with van der Waals surface area (Å²) in [6.07, 6.45) is 4.37. The van der Waals surface area contributed by atoms with E-state index in [9.17, 15) is 14.4 Å². The fourth-order valence-corrected chi connectivity index (χ4v) is 1.86. The molecule has 2 unspecified atom stereocenters. The molecule has 0 aliphatic rings. The van der Waals surface area contributed by atoms with Gasteiger partial charge in [0.05, 0.1) is 19.1 Å². The number of nitrogens with one attached hydrogen (secondary N) is 2. The molecule has 0 aromatic carbocycles. The van der Waals surface area contributed by atoms with E-state index in [1.165, 1.54) is 0 Å². The molecule has 0 bridgehead atoms. The summed E-state index contributed by atoms with van der Waals surface area (Å²) in [4.78, 5) is 35.2. The number of rotatable bonds is 13. The number of hydrogen-bond donors (Lipinski definition) is 3. The predicted molar refractivity (Wildman–Crippen MR) is 91.0 cm³/mol. The normalized spacial score (nSPS) is 12.6. The third-order valence-electron chi connectivity index (χ3n) is 3.15. The van der Waals surface area contributed by atoms with Gasteiger partial charge in [0.1, 0.15) is 6.61 Å². The third-order valence-corrected chi connectivity index (χ3v) is 3.15. The molecule has 0 aromatic heterocycles. The van der Waals surface area contributed by atoms with Gasteiger partial charge in [-0.15, -0.1) is 13.2 Å². The van der Waals surface area contributed by atoms with Crippen molar-refractivity contribution < 1.29 is 24.2 Å². The van der Waals surface area contributed by atoms with Crippen LogP contribution in [-0.2, 0) is 19.1 Å². The molecule has 0 saturated heterocycles. The van der Waals surface area contributed by atoms with Gasteiger partial charge in [-0.3, -0.25) is 14.4 Å². The molecule has 2 amide bonds. The molecule has 0 aromatic rings. The van der Waals surface area contributed by atoms with Crippen LogP contribution in [0.2, 0.25) is 0 Å². The smallest absolute Gasteiger partial charge is 0.306 e. The lowest BCUT2D eigenvalue weighted by Crippen LogP contribution is -2.39. The van der Waals surface area contributed by atoms with Crippen LogP contribution in [0.4, 0.5) is 0 Å². The number of esters is 1. The molecule has 0 heterocycles. The van der Waals surface area contributed by atoms with E-state index in [4.69, 9.17) is 9.84 Å². The number of ether oxygens (including phenoxy) is 1. The Labute approximate surface area is 143 Å². The summed E-state index contributed by atoms with van der Waals surface area (Å²) >= 11 is 0. The highest BCUT2D eigenvalue weighted by Gasteiger charge is 2.21. The monoisotopic (exact) mass is 340 g/mol. The number of aliphatic hydroxyl groups excluding tert-OH is 1. The van der Waals surface area contributed by atoms with E-state index in [2.05, 4.69) is 23.8 Å². The van der Waals surface area contributed by atoms with Crippen LogP contribution in [0.25, 0.3) is 0 Å². The van der Waals surface area contributed by atoms with Crippen molar-refractivity contribution in [2.75, 3.05) is 19.8 Å². The number of carbonyl (C=O) groups is 3. The topological polar surface area (TPSA) is 105 Å². The lowest BCUT2D eigenvalue weighted by Gasteiger charge is -2.17. The second-order valence-corrected chi connectivity index (χ2v) is 5.42. The second kappa shape index (κ2) is 13.3. The van der Waals surface area contributed by atoms with E-state index in [1.54, 1.807) is 19.1 Å². The fraction of sp³-hybridized carbons (Fsp3) is 0.588. The molecule has 0 rings (SSSR count). The summed E-state index contributed by atoms with van der Waals surface area (Å²) in [5.41, 5.74) is 0. The summed E-state index contributed by atoms with van der Waals surface area (Å²) in [7, 11) is 0. The van der Waals surface area contributed by atoms with Gasteiger partial charge in [-0.05, 0) is 19.8 Å². The molecule has 2 atom stereocenters. The minimum Gasteiger partial charge on any atom is -0.464 e. The van der Waals surface area contributed by atoms with Gasteiger partial charge in [0.2, 0.25) is 11.8 Å². The molecule has 24 heavy (non-hydrogen) atoms. The first kappa shape index (κ1) is 21.9. The van der Waals surface area contributed by atoms with Gasteiger partial charge in [-0.25, -0.2) is 0 Å². The first-order chi connectivity index (χ1) is 11.4. The van der Waals surface area contributed by atoms with Crippen LogP contribution in [0.3, 0.4) is 0 Å². The molecular formula is C17H28N2O5. The van der Waals surface area contributed by atoms with E-state index in [1.807, 2.05) is 0 Å². The zero-order chi connectivity index (χ0) is 18.4. The zero-order valence-corrected chi connectivity index (χ0v) is 14.3. The highest BCUT2D eigenvalue weighted by Crippen LogP contribution is 2.10. The van der Waals surface area contributed by atoms with E-state index in [-0.39, 0.29) is 56.4 Å². The highest BCUT2D eigenvalue weighted by molar-refractivity contribution is 5.86. The highest BCUT2D eigenvalue weighted by atomic mass is 16.5. The van der Waals surface area contributed by atoms with E-state index >= 15 is 0 Å². The summed E-state index contributed by atoms with van der Waals surface area (Å²) < 4.78 is 4.95. The Morgan fingerprint density at radius 1 is 1.25 bits per heavy atom.